The lowest BCUT2D eigenvalue weighted by Crippen LogP contribution is -2.55. The lowest BCUT2D eigenvalue weighted by molar-refractivity contribution is -0.179. The molecule has 0 saturated heterocycles. The molecular weight excluding hydrogens is 351 g/mol. The van der Waals surface area contributed by atoms with Gasteiger partial charge < -0.3 is 14.6 Å². The molecule has 0 amide bonds. The lowest BCUT2D eigenvalue weighted by Gasteiger charge is -2.46. The van der Waals surface area contributed by atoms with E-state index >= 15 is 4.39 Å². The highest BCUT2D eigenvalue weighted by Gasteiger charge is 2.76. The maximum absolute atomic E-state index is 15.8. The first kappa shape index (κ1) is 18.9. The zero-order chi connectivity index (χ0) is 19.7. The summed E-state index contributed by atoms with van der Waals surface area (Å²) >= 11 is 0. The maximum Gasteiger partial charge on any atom is 0.314 e. The highest BCUT2D eigenvalue weighted by Crippen LogP contribution is 2.74. The van der Waals surface area contributed by atoms with Crippen LogP contribution < -0.4 is 0 Å². The standard InChI is InChI=1S/C21H29FO5/c1-10-11-5-7-13-12-6-8-14(23)20(2,19(25)27-4)15(12)16(18(24)26-3)21(13,9-11)17(10)22/h11-17,23H,1,5-9H2,2-4H3/t11-,12?,13?,14+,15?,16-,17+,20-,21-/m1/s1. The van der Waals surface area contributed by atoms with Crippen LogP contribution in [-0.4, -0.2) is 43.5 Å². The minimum Gasteiger partial charge on any atom is -0.469 e. The van der Waals surface area contributed by atoms with Gasteiger partial charge in [-0.15, -0.1) is 0 Å². The number of halogens is 1. The quantitative estimate of drug-likeness (QED) is 0.589. The van der Waals surface area contributed by atoms with Crippen LogP contribution in [-0.2, 0) is 19.1 Å². The van der Waals surface area contributed by atoms with Gasteiger partial charge in [-0.05, 0) is 68.3 Å². The van der Waals surface area contributed by atoms with Crippen LogP contribution in [0.3, 0.4) is 0 Å². The molecule has 0 aromatic heterocycles. The number of ether oxygens (including phenoxy) is 2. The number of aliphatic hydroxyl groups excluding tert-OH is 1. The number of fused-ring (bicyclic) bond motifs is 3. The van der Waals surface area contributed by atoms with Crippen molar-refractivity contribution in [1.82, 2.24) is 0 Å². The van der Waals surface area contributed by atoms with Gasteiger partial charge in [0.25, 0.3) is 0 Å². The topological polar surface area (TPSA) is 72.8 Å². The summed E-state index contributed by atoms with van der Waals surface area (Å²) in [6.07, 6.45) is 1.22. The summed E-state index contributed by atoms with van der Waals surface area (Å²) < 4.78 is 25.9. The first-order chi connectivity index (χ1) is 12.7. The second-order valence-corrected chi connectivity index (χ2v) is 9.19. The van der Waals surface area contributed by atoms with Gasteiger partial charge in [0.15, 0.2) is 0 Å². The number of carbonyl (C=O) groups excluding carboxylic acids is 2. The number of alkyl halides is 1. The molecule has 5 nitrogen and oxygen atoms in total. The van der Waals surface area contributed by atoms with Gasteiger partial charge in [-0.1, -0.05) is 6.58 Å². The molecule has 4 fully saturated rings. The van der Waals surface area contributed by atoms with E-state index in [2.05, 4.69) is 6.58 Å². The molecule has 4 saturated carbocycles. The van der Waals surface area contributed by atoms with Crippen molar-refractivity contribution in [1.29, 1.82) is 0 Å². The van der Waals surface area contributed by atoms with Crippen molar-refractivity contribution in [2.45, 2.75) is 51.3 Å². The predicted molar refractivity (Wildman–Crippen MR) is 95.1 cm³/mol. The van der Waals surface area contributed by atoms with Crippen molar-refractivity contribution in [3.8, 4) is 0 Å². The number of methoxy groups -OCH3 is 2. The van der Waals surface area contributed by atoms with E-state index in [1.165, 1.54) is 14.2 Å². The van der Waals surface area contributed by atoms with Gasteiger partial charge in [-0.3, -0.25) is 9.59 Å². The van der Waals surface area contributed by atoms with E-state index in [-0.39, 0.29) is 17.8 Å². The van der Waals surface area contributed by atoms with Gasteiger partial charge in [-0.25, -0.2) is 4.39 Å². The molecule has 4 aliphatic rings. The zero-order valence-electron chi connectivity index (χ0n) is 16.2. The van der Waals surface area contributed by atoms with Crippen molar-refractivity contribution in [2.75, 3.05) is 14.2 Å². The van der Waals surface area contributed by atoms with Gasteiger partial charge in [0, 0.05) is 5.41 Å². The molecule has 1 N–H and O–H groups in total. The predicted octanol–water partition coefficient (Wildman–Crippen LogP) is 2.67. The maximum atomic E-state index is 15.8. The van der Waals surface area contributed by atoms with Crippen LogP contribution in [0.4, 0.5) is 4.39 Å². The normalized spacial score (nSPS) is 50.7. The third kappa shape index (κ3) is 2.08. The largest absolute Gasteiger partial charge is 0.469 e. The molecule has 3 unspecified atom stereocenters. The molecule has 9 atom stereocenters. The molecule has 0 heterocycles. The third-order valence-electron chi connectivity index (χ3n) is 8.59. The number of esters is 2. The van der Waals surface area contributed by atoms with E-state index in [4.69, 9.17) is 9.47 Å². The summed E-state index contributed by atoms with van der Waals surface area (Å²) in [5, 5.41) is 10.8. The van der Waals surface area contributed by atoms with Crippen molar-refractivity contribution >= 4 is 11.9 Å². The molecule has 2 bridgehead atoms. The monoisotopic (exact) mass is 380 g/mol. The van der Waals surface area contributed by atoms with Gasteiger partial charge in [0.1, 0.15) is 6.17 Å². The molecule has 150 valence electrons. The van der Waals surface area contributed by atoms with Crippen molar-refractivity contribution in [3.05, 3.63) is 12.2 Å². The van der Waals surface area contributed by atoms with Gasteiger partial charge in [-0.2, -0.15) is 0 Å². The summed E-state index contributed by atoms with van der Waals surface area (Å²) in [7, 11) is 2.61. The zero-order valence-corrected chi connectivity index (χ0v) is 16.2. The van der Waals surface area contributed by atoms with Crippen molar-refractivity contribution in [3.63, 3.8) is 0 Å². The summed E-state index contributed by atoms with van der Waals surface area (Å²) in [5.74, 6) is -2.20. The Kier molecular flexibility index (Phi) is 4.22. The second-order valence-electron chi connectivity index (χ2n) is 9.19. The fourth-order valence-electron chi connectivity index (χ4n) is 7.48. The van der Waals surface area contributed by atoms with Crippen LogP contribution in [0.15, 0.2) is 12.2 Å². The molecule has 0 aromatic rings. The lowest BCUT2D eigenvalue weighted by atomic mass is 9.58. The Labute approximate surface area is 159 Å². The van der Waals surface area contributed by atoms with E-state index < -0.39 is 46.9 Å². The summed E-state index contributed by atoms with van der Waals surface area (Å²) in [6, 6.07) is 0. The Hall–Kier alpha value is -1.43. The minimum absolute atomic E-state index is 0.00594. The molecular formula is C21H29FO5. The Morgan fingerprint density at radius 3 is 2.52 bits per heavy atom. The Bertz CT molecular complexity index is 692. The number of hydrogen-bond donors (Lipinski definition) is 1. The Balaban J connectivity index is 1.91. The Morgan fingerprint density at radius 1 is 1.19 bits per heavy atom. The second kappa shape index (κ2) is 6.03. The number of hydrogen-bond acceptors (Lipinski definition) is 5. The van der Waals surface area contributed by atoms with Gasteiger partial charge >= 0.3 is 11.9 Å². The van der Waals surface area contributed by atoms with Crippen LogP contribution in [0.1, 0.15) is 39.0 Å². The van der Waals surface area contributed by atoms with Crippen LogP contribution in [0, 0.1) is 40.4 Å². The first-order valence-electron chi connectivity index (χ1n) is 9.92. The van der Waals surface area contributed by atoms with E-state index in [0.717, 1.165) is 12.8 Å². The smallest absolute Gasteiger partial charge is 0.314 e. The number of carbonyl (C=O) groups is 2. The highest BCUT2D eigenvalue weighted by atomic mass is 19.1. The van der Waals surface area contributed by atoms with Crippen LogP contribution in [0.5, 0.6) is 0 Å². The molecule has 4 rings (SSSR count). The number of rotatable bonds is 2. The third-order valence-corrected chi connectivity index (χ3v) is 8.59. The van der Waals surface area contributed by atoms with Crippen LogP contribution >= 0.6 is 0 Å². The molecule has 4 aliphatic carbocycles. The molecule has 0 radical (unpaired) electrons. The number of aliphatic hydroxyl groups is 1. The van der Waals surface area contributed by atoms with E-state index in [0.29, 0.717) is 24.8 Å². The average molecular weight is 380 g/mol. The Morgan fingerprint density at radius 2 is 1.89 bits per heavy atom. The van der Waals surface area contributed by atoms with Crippen LogP contribution in [0.2, 0.25) is 0 Å². The van der Waals surface area contributed by atoms with Crippen molar-refractivity contribution < 1.29 is 28.6 Å². The fraction of sp³-hybridized carbons (Fsp3) is 0.810. The molecule has 1 spiro atoms. The summed E-state index contributed by atoms with van der Waals surface area (Å²) in [6.45, 7) is 5.68. The summed E-state index contributed by atoms with van der Waals surface area (Å²) in [4.78, 5) is 25.8. The average Bonchev–Trinajstić information content (AvgIpc) is 3.08. The van der Waals surface area contributed by atoms with Gasteiger partial charge in [0.2, 0.25) is 0 Å². The first-order valence-corrected chi connectivity index (χ1v) is 9.92. The van der Waals surface area contributed by atoms with E-state index in [9.17, 15) is 14.7 Å². The molecule has 6 heteroatoms. The molecule has 0 aromatic carbocycles. The van der Waals surface area contributed by atoms with Crippen LogP contribution in [0.25, 0.3) is 0 Å². The SMILES string of the molecule is C=C1[C@@H]2CCC3C4CC[C@H](O)[C@@](C)(C(=O)OC)C4[C@H](C(=O)OC)[C@]3(C2)[C@H]1F. The molecule has 27 heavy (non-hydrogen) atoms. The molecule has 0 aliphatic heterocycles. The van der Waals surface area contributed by atoms with Gasteiger partial charge in [0.05, 0.1) is 31.7 Å². The van der Waals surface area contributed by atoms with Crippen molar-refractivity contribution in [2.24, 2.45) is 40.4 Å². The van der Waals surface area contributed by atoms with E-state index in [1.54, 1.807) is 6.92 Å². The fourth-order valence-corrected chi connectivity index (χ4v) is 7.48. The summed E-state index contributed by atoms with van der Waals surface area (Å²) in [5.41, 5.74) is -1.53. The minimum atomic E-state index is -1.27. The van der Waals surface area contributed by atoms with E-state index in [1.807, 2.05) is 0 Å². The number of allylic oxidation sites excluding steroid dienone is 1. The highest BCUT2D eigenvalue weighted by molar-refractivity contribution is 5.81.